The van der Waals surface area contributed by atoms with Crippen LogP contribution in [0.3, 0.4) is 0 Å². The summed E-state index contributed by atoms with van der Waals surface area (Å²) in [4.78, 5) is 24.1. The summed E-state index contributed by atoms with van der Waals surface area (Å²) < 4.78 is 0. The first-order chi connectivity index (χ1) is 8.00. The summed E-state index contributed by atoms with van der Waals surface area (Å²) in [5.41, 5.74) is 5.71. The van der Waals surface area contributed by atoms with Crippen LogP contribution < -0.4 is 11.1 Å². The van der Waals surface area contributed by atoms with E-state index >= 15 is 0 Å². The first-order valence-corrected chi connectivity index (χ1v) is 5.40. The highest BCUT2D eigenvalue weighted by molar-refractivity contribution is 5.93. The maximum Gasteiger partial charge on any atom is 0.287 e. The smallest absolute Gasteiger partial charge is 0.287 e. The topological polar surface area (TPSA) is 114 Å². The van der Waals surface area contributed by atoms with Gasteiger partial charge in [0, 0.05) is 18.2 Å². The van der Waals surface area contributed by atoms with Gasteiger partial charge in [0.05, 0.1) is 11.1 Å². The zero-order chi connectivity index (χ0) is 12.5. The van der Waals surface area contributed by atoms with Crippen LogP contribution >= 0.6 is 0 Å². The van der Waals surface area contributed by atoms with Gasteiger partial charge in [-0.2, -0.15) is 0 Å². The summed E-state index contributed by atoms with van der Waals surface area (Å²) in [5.74, 6) is -0.366. The van der Waals surface area contributed by atoms with Crippen LogP contribution in [0.4, 0.5) is 5.69 Å². The molecule has 0 bridgehead atoms. The Morgan fingerprint density at radius 3 is 2.82 bits per heavy atom. The van der Waals surface area contributed by atoms with Gasteiger partial charge in [0.1, 0.15) is 5.69 Å². The third-order valence-corrected chi connectivity index (χ3v) is 3.07. The second-order valence-corrected chi connectivity index (χ2v) is 4.43. The Labute approximate surface area is 97.5 Å². The standard InChI is InChI=1S/C10H14N4O3/c11-10(2-1-3-10)6-13-9(15)8-4-7(5-12-8)14(16)17/h4-5,12H,1-3,6,11H2,(H,13,15). The quantitative estimate of drug-likeness (QED) is 0.524. The number of nitrogens with two attached hydrogens (primary N) is 1. The number of H-pyrrole nitrogens is 1. The van der Waals surface area contributed by atoms with E-state index < -0.39 is 4.92 Å². The second-order valence-electron chi connectivity index (χ2n) is 4.43. The van der Waals surface area contributed by atoms with Gasteiger partial charge in [-0.15, -0.1) is 0 Å². The van der Waals surface area contributed by atoms with E-state index in [1.54, 1.807) is 0 Å². The summed E-state index contributed by atoms with van der Waals surface area (Å²) in [6.07, 6.45) is 4.08. The van der Waals surface area contributed by atoms with Gasteiger partial charge in [-0.1, -0.05) is 0 Å². The van der Waals surface area contributed by atoms with E-state index in [9.17, 15) is 14.9 Å². The van der Waals surface area contributed by atoms with E-state index in [0.29, 0.717) is 6.54 Å². The first kappa shape index (κ1) is 11.6. The molecule has 0 atom stereocenters. The third-order valence-electron chi connectivity index (χ3n) is 3.07. The average Bonchev–Trinajstić information content (AvgIpc) is 2.72. The molecule has 92 valence electrons. The molecule has 1 heterocycles. The molecule has 1 saturated carbocycles. The Balaban J connectivity index is 1.92. The van der Waals surface area contributed by atoms with Gasteiger partial charge in [0.15, 0.2) is 0 Å². The van der Waals surface area contributed by atoms with Crippen molar-refractivity contribution in [2.24, 2.45) is 5.73 Å². The number of rotatable bonds is 4. The molecule has 17 heavy (non-hydrogen) atoms. The van der Waals surface area contributed by atoms with Crippen molar-refractivity contribution in [3.63, 3.8) is 0 Å². The van der Waals surface area contributed by atoms with E-state index in [1.165, 1.54) is 12.3 Å². The predicted octanol–water partition coefficient (Wildman–Crippen LogP) is 0.534. The summed E-state index contributed by atoms with van der Waals surface area (Å²) in [6, 6.07) is 1.21. The number of hydrogen-bond acceptors (Lipinski definition) is 4. The van der Waals surface area contributed by atoms with Gasteiger partial charge >= 0.3 is 0 Å². The molecule has 0 spiro atoms. The molecule has 7 nitrogen and oxygen atoms in total. The number of carbonyl (C=O) groups excluding carboxylic acids is 1. The van der Waals surface area contributed by atoms with Crippen molar-refractivity contribution in [3.05, 3.63) is 28.1 Å². The van der Waals surface area contributed by atoms with E-state index in [1.807, 2.05) is 0 Å². The fourth-order valence-electron chi connectivity index (χ4n) is 1.78. The van der Waals surface area contributed by atoms with Crippen LogP contribution in [-0.2, 0) is 0 Å². The van der Waals surface area contributed by atoms with Gasteiger partial charge in [-0.3, -0.25) is 14.9 Å². The molecule has 0 aromatic carbocycles. The first-order valence-electron chi connectivity index (χ1n) is 5.40. The van der Waals surface area contributed by atoms with Crippen LogP contribution in [0.5, 0.6) is 0 Å². The fourth-order valence-corrected chi connectivity index (χ4v) is 1.78. The molecular weight excluding hydrogens is 224 g/mol. The second kappa shape index (κ2) is 4.17. The zero-order valence-electron chi connectivity index (χ0n) is 9.23. The Kier molecular flexibility index (Phi) is 2.84. The monoisotopic (exact) mass is 238 g/mol. The minimum atomic E-state index is -0.552. The van der Waals surface area contributed by atoms with Crippen molar-refractivity contribution in [3.8, 4) is 0 Å². The highest BCUT2D eigenvalue weighted by atomic mass is 16.6. The lowest BCUT2D eigenvalue weighted by Gasteiger charge is -2.38. The van der Waals surface area contributed by atoms with Crippen molar-refractivity contribution >= 4 is 11.6 Å². The van der Waals surface area contributed by atoms with Crippen LogP contribution in [0.15, 0.2) is 12.3 Å². The number of carbonyl (C=O) groups is 1. The van der Waals surface area contributed by atoms with Crippen LogP contribution in [0.25, 0.3) is 0 Å². The number of nitro groups is 1. The molecule has 1 amide bonds. The highest BCUT2D eigenvalue weighted by Crippen LogP contribution is 2.28. The number of aromatic amines is 1. The maximum atomic E-state index is 11.6. The lowest BCUT2D eigenvalue weighted by Crippen LogP contribution is -2.54. The highest BCUT2D eigenvalue weighted by Gasteiger charge is 2.32. The Hall–Kier alpha value is -1.89. The van der Waals surface area contributed by atoms with Gasteiger partial charge in [0.25, 0.3) is 11.6 Å². The van der Waals surface area contributed by atoms with Gasteiger partial charge in [-0.05, 0) is 19.3 Å². The summed E-state index contributed by atoms with van der Waals surface area (Å²) in [6.45, 7) is 0.401. The Bertz CT molecular complexity index is 450. The molecule has 1 aromatic rings. The van der Waals surface area contributed by atoms with Crippen molar-refractivity contribution in [1.82, 2.24) is 10.3 Å². The minimum Gasteiger partial charge on any atom is -0.351 e. The SMILES string of the molecule is NC1(CNC(=O)c2cc([N+](=O)[O-])c[nH]2)CCC1. The van der Waals surface area contributed by atoms with Crippen LogP contribution in [0.1, 0.15) is 29.8 Å². The van der Waals surface area contributed by atoms with Crippen molar-refractivity contribution in [1.29, 1.82) is 0 Å². The third kappa shape index (κ3) is 2.44. The molecule has 4 N–H and O–H groups in total. The molecule has 1 aromatic heterocycles. The average molecular weight is 238 g/mol. The lowest BCUT2D eigenvalue weighted by molar-refractivity contribution is -0.384. The molecule has 1 fully saturated rings. The molecule has 1 aliphatic carbocycles. The minimum absolute atomic E-state index is 0.124. The Morgan fingerprint density at radius 2 is 2.35 bits per heavy atom. The van der Waals surface area contributed by atoms with Crippen molar-refractivity contribution < 1.29 is 9.72 Å². The number of nitrogens with zero attached hydrogens (tertiary/aromatic N) is 1. The van der Waals surface area contributed by atoms with Gasteiger partial charge < -0.3 is 16.0 Å². The summed E-state index contributed by atoms with van der Waals surface area (Å²) in [5, 5.41) is 13.1. The largest absolute Gasteiger partial charge is 0.351 e. The predicted molar refractivity (Wildman–Crippen MR) is 60.5 cm³/mol. The van der Waals surface area contributed by atoms with Gasteiger partial charge in [-0.25, -0.2) is 0 Å². The van der Waals surface area contributed by atoms with E-state index in [4.69, 9.17) is 5.73 Å². The number of aromatic nitrogens is 1. The molecule has 1 aliphatic rings. The molecule has 0 unspecified atom stereocenters. The molecule has 0 saturated heterocycles. The van der Waals surface area contributed by atoms with Crippen molar-refractivity contribution in [2.75, 3.05) is 6.54 Å². The van der Waals surface area contributed by atoms with Gasteiger partial charge in [0.2, 0.25) is 0 Å². The summed E-state index contributed by atoms with van der Waals surface area (Å²) >= 11 is 0. The molecule has 7 heteroatoms. The maximum absolute atomic E-state index is 11.6. The van der Waals surface area contributed by atoms with Crippen LogP contribution in [0, 0.1) is 10.1 Å². The van der Waals surface area contributed by atoms with Crippen molar-refractivity contribution in [2.45, 2.75) is 24.8 Å². The van der Waals surface area contributed by atoms with Crippen LogP contribution in [-0.4, -0.2) is 27.9 Å². The van der Waals surface area contributed by atoms with E-state index in [2.05, 4.69) is 10.3 Å². The normalized spacial score (nSPS) is 17.2. The molecule has 0 radical (unpaired) electrons. The lowest BCUT2D eigenvalue weighted by atomic mass is 9.78. The molecule has 0 aliphatic heterocycles. The number of hydrogen-bond donors (Lipinski definition) is 3. The molecule has 2 rings (SSSR count). The number of amides is 1. The summed E-state index contributed by atoms with van der Waals surface area (Å²) in [7, 11) is 0. The van der Waals surface area contributed by atoms with E-state index in [0.717, 1.165) is 19.3 Å². The van der Waals surface area contributed by atoms with E-state index in [-0.39, 0.29) is 22.8 Å². The fraction of sp³-hybridized carbons (Fsp3) is 0.500. The molecular formula is C10H14N4O3. The van der Waals surface area contributed by atoms with Crippen LogP contribution in [0.2, 0.25) is 0 Å². The zero-order valence-corrected chi connectivity index (χ0v) is 9.23. The number of nitrogens with one attached hydrogen (secondary N) is 2. The Morgan fingerprint density at radius 1 is 1.65 bits per heavy atom.